The molecular formula is C11H15N3. The lowest BCUT2D eigenvalue weighted by molar-refractivity contribution is 0.729. The van der Waals surface area contributed by atoms with Crippen molar-refractivity contribution in [3.05, 3.63) is 23.3 Å². The Bertz CT molecular complexity index is 469. The highest BCUT2D eigenvalue weighted by atomic mass is 15.4. The van der Waals surface area contributed by atoms with Crippen molar-refractivity contribution in [1.82, 2.24) is 15.0 Å². The van der Waals surface area contributed by atoms with E-state index in [-0.39, 0.29) is 0 Å². The minimum absolute atomic E-state index is 0.509. The van der Waals surface area contributed by atoms with Gasteiger partial charge in [-0.25, -0.2) is 4.68 Å². The second kappa shape index (κ2) is 3.08. The van der Waals surface area contributed by atoms with Crippen LogP contribution in [0.4, 0.5) is 0 Å². The average molecular weight is 189 g/mol. The highest BCUT2D eigenvalue weighted by molar-refractivity contribution is 5.79. The molecule has 74 valence electrons. The third-order valence-corrected chi connectivity index (χ3v) is 2.50. The maximum atomic E-state index is 4.14. The zero-order chi connectivity index (χ0) is 10.3. The Morgan fingerprint density at radius 3 is 2.64 bits per heavy atom. The van der Waals surface area contributed by atoms with Crippen molar-refractivity contribution in [3.63, 3.8) is 0 Å². The molecule has 0 aliphatic carbocycles. The number of hydrogen-bond donors (Lipinski definition) is 0. The van der Waals surface area contributed by atoms with Crippen molar-refractivity contribution in [2.45, 2.75) is 26.7 Å². The van der Waals surface area contributed by atoms with Crippen LogP contribution in [0.2, 0.25) is 0 Å². The SMILES string of the molecule is Cc1cc(C(C)C)c2c(c1)nnn2C. The number of rotatable bonds is 1. The van der Waals surface area contributed by atoms with Crippen LogP contribution in [0.1, 0.15) is 30.9 Å². The fourth-order valence-electron chi connectivity index (χ4n) is 1.82. The van der Waals surface area contributed by atoms with Gasteiger partial charge < -0.3 is 0 Å². The highest BCUT2D eigenvalue weighted by Gasteiger charge is 2.10. The number of hydrogen-bond acceptors (Lipinski definition) is 2. The molecular weight excluding hydrogens is 174 g/mol. The molecule has 0 saturated heterocycles. The van der Waals surface area contributed by atoms with Crippen LogP contribution in [0.5, 0.6) is 0 Å². The lowest BCUT2D eigenvalue weighted by atomic mass is 9.99. The van der Waals surface area contributed by atoms with Gasteiger partial charge in [0.05, 0.1) is 5.52 Å². The molecule has 3 heteroatoms. The van der Waals surface area contributed by atoms with E-state index in [0.717, 1.165) is 11.0 Å². The molecule has 0 atom stereocenters. The molecule has 0 radical (unpaired) electrons. The van der Waals surface area contributed by atoms with Gasteiger partial charge in [-0.3, -0.25) is 0 Å². The van der Waals surface area contributed by atoms with Crippen molar-refractivity contribution < 1.29 is 0 Å². The Morgan fingerprint density at radius 1 is 1.29 bits per heavy atom. The first-order chi connectivity index (χ1) is 6.59. The fourth-order valence-corrected chi connectivity index (χ4v) is 1.82. The quantitative estimate of drug-likeness (QED) is 0.689. The predicted molar refractivity (Wildman–Crippen MR) is 57.3 cm³/mol. The molecule has 0 aliphatic heterocycles. The molecule has 0 bridgehead atoms. The summed E-state index contributed by atoms with van der Waals surface area (Å²) in [6, 6.07) is 4.30. The molecule has 1 aromatic carbocycles. The highest BCUT2D eigenvalue weighted by Crippen LogP contribution is 2.24. The van der Waals surface area contributed by atoms with Crippen molar-refractivity contribution >= 4 is 11.0 Å². The lowest BCUT2D eigenvalue weighted by Crippen LogP contribution is -1.96. The number of fused-ring (bicyclic) bond motifs is 1. The van der Waals surface area contributed by atoms with Crippen LogP contribution in [-0.4, -0.2) is 15.0 Å². The van der Waals surface area contributed by atoms with Crippen molar-refractivity contribution in [2.24, 2.45) is 7.05 Å². The van der Waals surface area contributed by atoms with E-state index in [4.69, 9.17) is 0 Å². The summed E-state index contributed by atoms with van der Waals surface area (Å²) in [7, 11) is 1.94. The first kappa shape index (κ1) is 9.19. The summed E-state index contributed by atoms with van der Waals surface area (Å²) in [6.45, 7) is 6.49. The van der Waals surface area contributed by atoms with Crippen molar-refractivity contribution in [3.8, 4) is 0 Å². The molecule has 1 heterocycles. The molecule has 0 saturated carbocycles. The van der Waals surface area contributed by atoms with Crippen LogP contribution in [0.3, 0.4) is 0 Å². The van der Waals surface area contributed by atoms with E-state index in [1.807, 2.05) is 11.7 Å². The number of benzene rings is 1. The van der Waals surface area contributed by atoms with Gasteiger partial charge in [0, 0.05) is 7.05 Å². The van der Waals surface area contributed by atoms with Gasteiger partial charge in [0.1, 0.15) is 5.52 Å². The maximum Gasteiger partial charge on any atom is 0.113 e. The molecule has 0 amide bonds. The van der Waals surface area contributed by atoms with Gasteiger partial charge in [-0.1, -0.05) is 25.1 Å². The molecule has 3 nitrogen and oxygen atoms in total. The number of nitrogens with zero attached hydrogens (tertiary/aromatic N) is 3. The van der Waals surface area contributed by atoms with E-state index in [1.54, 1.807) is 0 Å². The summed E-state index contributed by atoms with van der Waals surface area (Å²) in [5, 5.41) is 8.18. The first-order valence-corrected chi connectivity index (χ1v) is 4.89. The lowest BCUT2D eigenvalue weighted by Gasteiger charge is -2.08. The van der Waals surface area contributed by atoms with Crippen molar-refractivity contribution in [2.75, 3.05) is 0 Å². The molecule has 14 heavy (non-hydrogen) atoms. The van der Waals surface area contributed by atoms with Gasteiger partial charge >= 0.3 is 0 Å². The average Bonchev–Trinajstić information content (AvgIpc) is 2.46. The Labute approximate surface area is 83.7 Å². The molecule has 0 aliphatic rings. The second-order valence-electron chi connectivity index (χ2n) is 4.09. The van der Waals surface area contributed by atoms with Crippen LogP contribution in [0.15, 0.2) is 12.1 Å². The minimum Gasteiger partial charge on any atom is -0.247 e. The van der Waals surface area contributed by atoms with Crippen molar-refractivity contribution in [1.29, 1.82) is 0 Å². The van der Waals surface area contributed by atoms with Gasteiger partial charge in [-0.05, 0) is 30.0 Å². The van der Waals surface area contributed by atoms with E-state index < -0.39 is 0 Å². The van der Waals surface area contributed by atoms with Crippen LogP contribution in [0, 0.1) is 6.92 Å². The van der Waals surface area contributed by atoms with Gasteiger partial charge in [-0.2, -0.15) is 0 Å². The van der Waals surface area contributed by atoms with E-state index in [2.05, 4.69) is 43.2 Å². The zero-order valence-electron chi connectivity index (χ0n) is 9.07. The summed E-state index contributed by atoms with van der Waals surface area (Å²) in [5.41, 5.74) is 4.73. The van der Waals surface area contributed by atoms with Crippen LogP contribution >= 0.6 is 0 Å². The minimum atomic E-state index is 0.509. The molecule has 0 spiro atoms. The molecule has 0 fully saturated rings. The van der Waals surface area contributed by atoms with Gasteiger partial charge in [0.25, 0.3) is 0 Å². The summed E-state index contributed by atoms with van der Waals surface area (Å²) in [6.07, 6.45) is 0. The molecule has 2 rings (SSSR count). The van der Waals surface area contributed by atoms with Crippen LogP contribution < -0.4 is 0 Å². The molecule has 0 N–H and O–H groups in total. The fraction of sp³-hybridized carbons (Fsp3) is 0.455. The number of aromatic nitrogens is 3. The normalized spacial score (nSPS) is 11.5. The summed E-state index contributed by atoms with van der Waals surface area (Å²) >= 11 is 0. The van der Waals surface area contributed by atoms with E-state index >= 15 is 0 Å². The largest absolute Gasteiger partial charge is 0.247 e. The maximum absolute atomic E-state index is 4.14. The van der Waals surface area contributed by atoms with Gasteiger partial charge in [0.15, 0.2) is 0 Å². The van der Waals surface area contributed by atoms with E-state index in [0.29, 0.717) is 5.92 Å². The third kappa shape index (κ3) is 1.29. The number of aryl methyl sites for hydroxylation is 2. The monoisotopic (exact) mass is 189 g/mol. The second-order valence-corrected chi connectivity index (χ2v) is 4.09. The molecule has 0 unspecified atom stereocenters. The van der Waals surface area contributed by atoms with E-state index in [1.165, 1.54) is 11.1 Å². The predicted octanol–water partition coefficient (Wildman–Crippen LogP) is 2.40. The molecule has 2 aromatic rings. The van der Waals surface area contributed by atoms with Crippen LogP contribution in [0.25, 0.3) is 11.0 Å². The summed E-state index contributed by atoms with van der Waals surface area (Å²) in [5.74, 6) is 0.509. The standard InChI is InChI=1S/C11H15N3/c1-7(2)9-5-8(3)6-10-11(9)14(4)13-12-10/h5-7H,1-4H3. The Hall–Kier alpha value is -1.38. The molecule has 1 aromatic heterocycles. The van der Waals surface area contributed by atoms with Gasteiger partial charge in [0.2, 0.25) is 0 Å². The summed E-state index contributed by atoms with van der Waals surface area (Å²) in [4.78, 5) is 0. The van der Waals surface area contributed by atoms with E-state index in [9.17, 15) is 0 Å². The third-order valence-electron chi connectivity index (χ3n) is 2.50. The van der Waals surface area contributed by atoms with Gasteiger partial charge in [-0.15, -0.1) is 5.10 Å². The topological polar surface area (TPSA) is 30.7 Å². The van der Waals surface area contributed by atoms with Crippen LogP contribution in [-0.2, 0) is 7.05 Å². The Kier molecular flexibility index (Phi) is 2.02. The Balaban J connectivity index is 2.83. The first-order valence-electron chi connectivity index (χ1n) is 4.89. The smallest absolute Gasteiger partial charge is 0.113 e. The zero-order valence-corrected chi connectivity index (χ0v) is 9.07. The Morgan fingerprint density at radius 2 is 2.00 bits per heavy atom. The summed E-state index contributed by atoms with van der Waals surface area (Å²) < 4.78 is 1.85.